The lowest BCUT2D eigenvalue weighted by atomic mass is 10.2. The summed E-state index contributed by atoms with van der Waals surface area (Å²) >= 11 is 0. The van der Waals surface area contributed by atoms with Gasteiger partial charge < -0.3 is 9.84 Å². The molecular weight excluding hydrogens is 338 g/mol. The zero-order valence-corrected chi connectivity index (χ0v) is 17.2. The van der Waals surface area contributed by atoms with Gasteiger partial charge in [0.05, 0.1) is 0 Å². The van der Waals surface area contributed by atoms with Crippen molar-refractivity contribution in [1.82, 2.24) is 5.32 Å². The summed E-state index contributed by atoms with van der Waals surface area (Å²) in [7, 11) is 1.61. The number of hydrogen-bond donors (Lipinski definition) is 2. The zero-order valence-electron chi connectivity index (χ0n) is 17.2. The average Bonchev–Trinajstić information content (AvgIpc) is 2.68. The van der Waals surface area contributed by atoms with E-state index in [9.17, 15) is 9.90 Å². The van der Waals surface area contributed by atoms with Gasteiger partial charge in [-0.3, -0.25) is 10.1 Å². The molecule has 0 heterocycles. The fourth-order valence-corrected chi connectivity index (χ4v) is 2.25. The van der Waals surface area contributed by atoms with E-state index in [1.54, 1.807) is 7.05 Å². The standard InChI is InChI=1S/C23H39NO3/c1-3-4-5-6-7-8-9-10-11-12-13-14-15-16-17-18-19-20-23(26)27-21-22(25)24-2/h7-8,10-11,13-14,16-17,22,24-25H,3-6,9,12,15,18-21H2,1-2H3/b8-7-,11-10-,14-13-,17-16-. The predicted molar refractivity (Wildman–Crippen MR) is 114 cm³/mol. The highest BCUT2D eigenvalue weighted by atomic mass is 16.5. The number of esters is 1. The molecule has 1 atom stereocenters. The molecule has 0 aromatic heterocycles. The van der Waals surface area contributed by atoms with Gasteiger partial charge in [0.15, 0.2) is 0 Å². The van der Waals surface area contributed by atoms with Crippen LogP contribution in [0.1, 0.15) is 71.1 Å². The molecule has 0 aliphatic rings. The number of hydrogen-bond acceptors (Lipinski definition) is 4. The fourth-order valence-electron chi connectivity index (χ4n) is 2.25. The van der Waals surface area contributed by atoms with E-state index in [2.05, 4.69) is 60.8 Å². The van der Waals surface area contributed by atoms with Crippen molar-refractivity contribution in [1.29, 1.82) is 0 Å². The van der Waals surface area contributed by atoms with Gasteiger partial charge in [0.25, 0.3) is 0 Å². The molecule has 0 saturated carbocycles. The summed E-state index contributed by atoms with van der Waals surface area (Å²) in [5.41, 5.74) is 0. The molecule has 0 aliphatic carbocycles. The first kappa shape index (κ1) is 25.4. The van der Waals surface area contributed by atoms with Crippen LogP contribution in [0.3, 0.4) is 0 Å². The van der Waals surface area contributed by atoms with Gasteiger partial charge in [-0.15, -0.1) is 0 Å². The minimum Gasteiger partial charge on any atom is -0.461 e. The van der Waals surface area contributed by atoms with Crippen LogP contribution in [0.15, 0.2) is 48.6 Å². The predicted octanol–water partition coefficient (Wildman–Crippen LogP) is 5.21. The molecule has 0 rings (SSSR count). The van der Waals surface area contributed by atoms with Gasteiger partial charge in [-0.2, -0.15) is 0 Å². The molecule has 0 saturated heterocycles. The Balaban J connectivity index is 3.49. The summed E-state index contributed by atoms with van der Waals surface area (Å²) in [6.07, 6.45) is 26.8. The van der Waals surface area contributed by atoms with Crippen molar-refractivity contribution in [3.8, 4) is 0 Å². The van der Waals surface area contributed by atoms with Gasteiger partial charge in [0, 0.05) is 6.42 Å². The second-order valence-corrected chi connectivity index (χ2v) is 6.47. The Morgan fingerprint density at radius 1 is 0.889 bits per heavy atom. The molecule has 0 aromatic carbocycles. The van der Waals surface area contributed by atoms with Gasteiger partial charge in [0.1, 0.15) is 12.8 Å². The Kier molecular flexibility index (Phi) is 19.4. The molecular formula is C23H39NO3. The lowest BCUT2D eigenvalue weighted by Gasteiger charge is -2.09. The topological polar surface area (TPSA) is 58.6 Å². The number of aliphatic hydroxyl groups is 1. The maximum Gasteiger partial charge on any atom is 0.305 e. The van der Waals surface area contributed by atoms with E-state index in [-0.39, 0.29) is 12.6 Å². The monoisotopic (exact) mass is 377 g/mol. The number of aliphatic hydroxyl groups excluding tert-OH is 1. The van der Waals surface area contributed by atoms with Crippen molar-refractivity contribution in [3.63, 3.8) is 0 Å². The molecule has 0 amide bonds. The number of rotatable bonds is 17. The third kappa shape index (κ3) is 20.5. The number of ether oxygens (including phenoxy) is 1. The maximum atomic E-state index is 11.4. The smallest absolute Gasteiger partial charge is 0.305 e. The fraction of sp³-hybridized carbons (Fsp3) is 0.609. The third-order valence-electron chi connectivity index (χ3n) is 3.94. The summed E-state index contributed by atoms with van der Waals surface area (Å²) in [6, 6.07) is 0. The van der Waals surface area contributed by atoms with E-state index in [0.717, 1.165) is 32.1 Å². The Hall–Kier alpha value is -1.65. The number of unbranched alkanes of at least 4 members (excludes halogenated alkanes) is 4. The van der Waals surface area contributed by atoms with E-state index in [1.807, 2.05) is 0 Å². The van der Waals surface area contributed by atoms with E-state index >= 15 is 0 Å². The first-order valence-electron chi connectivity index (χ1n) is 10.3. The number of nitrogens with one attached hydrogen (secondary N) is 1. The van der Waals surface area contributed by atoms with Crippen LogP contribution in [-0.4, -0.2) is 31.0 Å². The minimum absolute atomic E-state index is 0.000338. The van der Waals surface area contributed by atoms with Crippen molar-refractivity contribution in [2.75, 3.05) is 13.7 Å². The van der Waals surface area contributed by atoms with Crippen molar-refractivity contribution in [2.24, 2.45) is 0 Å². The molecule has 0 radical (unpaired) electrons. The van der Waals surface area contributed by atoms with Crippen molar-refractivity contribution in [2.45, 2.75) is 77.4 Å². The van der Waals surface area contributed by atoms with Crippen LogP contribution in [0, 0.1) is 0 Å². The highest BCUT2D eigenvalue weighted by molar-refractivity contribution is 5.69. The Bertz CT molecular complexity index is 453. The van der Waals surface area contributed by atoms with Gasteiger partial charge in [-0.05, 0) is 52.0 Å². The number of allylic oxidation sites excluding steroid dienone is 8. The summed E-state index contributed by atoms with van der Waals surface area (Å²) in [5, 5.41) is 11.8. The quantitative estimate of drug-likeness (QED) is 0.158. The van der Waals surface area contributed by atoms with Crippen LogP contribution in [0.2, 0.25) is 0 Å². The molecule has 2 N–H and O–H groups in total. The number of carbonyl (C=O) groups excluding carboxylic acids is 1. The Morgan fingerprint density at radius 3 is 1.93 bits per heavy atom. The molecule has 0 spiro atoms. The zero-order chi connectivity index (χ0) is 20.0. The highest BCUT2D eigenvalue weighted by Crippen LogP contribution is 2.02. The second kappa shape index (κ2) is 20.7. The van der Waals surface area contributed by atoms with E-state index < -0.39 is 6.23 Å². The normalized spacial score (nSPS) is 13.4. The molecule has 154 valence electrons. The first-order chi connectivity index (χ1) is 13.2. The van der Waals surface area contributed by atoms with Crippen molar-refractivity contribution >= 4 is 5.97 Å². The van der Waals surface area contributed by atoms with E-state index in [1.165, 1.54) is 25.7 Å². The molecule has 1 unspecified atom stereocenters. The van der Waals surface area contributed by atoms with Crippen LogP contribution in [0.4, 0.5) is 0 Å². The van der Waals surface area contributed by atoms with Crippen LogP contribution >= 0.6 is 0 Å². The van der Waals surface area contributed by atoms with Gasteiger partial charge >= 0.3 is 5.97 Å². The number of carbonyl (C=O) groups is 1. The lowest BCUT2D eigenvalue weighted by Crippen LogP contribution is -2.30. The second-order valence-electron chi connectivity index (χ2n) is 6.47. The summed E-state index contributed by atoms with van der Waals surface area (Å²) in [4.78, 5) is 11.4. The molecule has 0 fully saturated rings. The Labute approximate surface area is 166 Å². The highest BCUT2D eigenvalue weighted by Gasteiger charge is 2.05. The van der Waals surface area contributed by atoms with E-state index in [0.29, 0.717) is 6.42 Å². The SMILES string of the molecule is CCCCC/C=C\C/C=C\C/C=C\C/C=C\CCCC(=O)OCC(O)NC. The molecule has 4 nitrogen and oxygen atoms in total. The summed E-state index contributed by atoms with van der Waals surface area (Å²) in [5.74, 6) is -0.264. The lowest BCUT2D eigenvalue weighted by molar-refractivity contribution is -0.147. The largest absolute Gasteiger partial charge is 0.461 e. The van der Waals surface area contributed by atoms with Crippen LogP contribution in [0.5, 0.6) is 0 Å². The van der Waals surface area contributed by atoms with Gasteiger partial charge in [-0.1, -0.05) is 68.4 Å². The van der Waals surface area contributed by atoms with Gasteiger partial charge in [0.2, 0.25) is 0 Å². The van der Waals surface area contributed by atoms with Crippen LogP contribution in [0.25, 0.3) is 0 Å². The molecule has 0 bridgehead atoms. The maximum absolute atomic E-state index is 11.4. The van der Waals surface area contributed by atoms with Crippen molar-refractivity contribution < 1.29 is 14.6 Å². The first-order valence-corrected chi connectivity index (χ1v) is 10.3. The molecule has 0 aromatic rings. The van der Waals surface area contributed by atoms with Crippen molar-refractivity contribution in [3.05, 3.63) is 48.6 Å². The van der Waals surface area contributed by atoms with E-state index in [4.69, 9.17) is 4.74 Å². The molecule has 4 heteroatoms. The average molecular weight is 378 g/mol. The third-order valence-corrected chi connectivity index (χ3v) is 3.94. The Morgan fingerprint density at radius 2 is 1.41 bits per heavy atom. The minimum atomic E-state index is -0.789. The molecule has 27 heavy (non-hydrogen) atoms. The number of likely N-dealkylation sites (N-methyl/N-ethyl adjacent to an activating group) is 1. The van der Waals surface area contributed by atoms with Crippen LogP contribution in [-0.2, 0) is 9.53 Å². The summed E-state index contributed by atoms with van der Waals surface area (Å²) < 4.78 is 4.93. The molecule has 0 aliphatic heterocycles. The van der Waals surface area contributed by atoms with Crippen LogP contribution < -0.4 is 5.32 Å². The summed E-state index contributed by atoms with van der Waals surface area (Å²) in [6.45, 7) is 2.23. The van der Waals surface area contributed by atoms with Gasteiger partial charge in [-0.25, -0.2) is 0 Å².